The van der Waals surface area contributed by atoms with Crippen LogP contribution < -0.4 is 5.73 Å². The molecule has 1 heterocycles. The Labute approximate surface area is 73.9 Å². The normalized spacial score (nSPS) is 38.1. The molecule has 1 aliphatic rings. The van der Waals surface area contributed by atoms with Gasteiger partial charge in [0.05, 0.1) is 5.41 Å². The minimum absolute atomic E-state index is 0.150. The van der Waals surface area contributed by atoms with Crippen LogP contribution in [0, 0.1) is 11.3 Å². The Kier molecular flexibility index (Phi) is 2.42. The second-order valence-corrected chi connectivity index (χ2v) is 4.20. The fraction of sp³-hybridized carbons (Fsp3) is 0.889. The molecule has 0 aromatic carbocycles. The number of primary amides is 1. The predicted molar refractivity (Wildman–Crippen MR) is 48.6 cm³/mol. The van der Waals surface area contributed by atoms with Gasteiger partial charge in [0, 0.05) is 6.54 Å². The van der Waals surface area contributed by atoms with E-state index in [0.29, 0.717) is 5.92 Å². The summed E-state index contributed by atoms with van der Waals surface area (Å²) in [5.74, 6) is 0.219. The van der Waals surface area contributed by atoms with Crippen molar-refractivity contribution in [3.63, 3.8) is 0 Å². The highest BCUT2D eigenvalue weighted by Gasteiger charge is 2.40. The molecular weight excluding hydrogens is 152 g/mol. The Hall–Kier alpha value is -0.570. The molecule has 0 spiro atoms. The predicted octanol–water partition coefficient (Wildman–Crippen LogP) is 0.450. The standard InChI is InChI=1S/C9H18N2O/c1-7-6-11(3)5-4-9(7,2)8(10)12/h7H,4-6H2,1-3H3,(H2,10,12)/t7-,9+/m1/s1. The molecule has 2 N–H and O–H groups in total. The summed E-state index contributed by atoms with van der Waals surface area (Å²) in [6, 6.07) is 0. The number of carbonyl (C=O) groups excluding carboxylic acids is 1. The van der Waals surface area contributed by atoms with Crippen LogP contribution in [0.3, 0.4) is 0 Å². The lowest BCUT2D eigenvalue weighted by molar-refractivity contribution is -0.132. The first-order valence-corrected chi connectivity index (χ1v) is 4.45. The van der Waals surface area contributed by atoms with E-state index in [0.717, 1.165) is 19.5 Å². The topological polar surface area (TPSA) is 46.3 Å². The quantitative estimate of drug-likeness (QED) is 0.621. The first-order chi connectivity index (χ1) is 5.47. The smallest absolute Gasteiger partial charge is 0.223 e. The Balaban J connectivity index is 2.72. The number of rotatable bonds is 1. The van der Waals surface area contributed by atoms with Crippen molar-refractivity contribution >= 4 is 5.91 Å². The van der Waals surface area contributed by atoms with Crippen LogP contribution in [0.15, 0.2) is 0 Å². The molecule has 0 saturated carbocycles. The van der Waals surface area contributed by atoms with E-state index in [4.69, 9.17) is 5.73 Å². The van der Waals surface area contributed by atoms with E-state index in [9.17, 15) is 4.79 Å². The molecule has 1 rings (SSSR count). The molecule has 70 valence electrons. The van der Waals surface area contributed by atoms with Gasteiger partial charge >= 0.3 is 0 Å². The fourth-order valence-corrected chi connectivity index (χ4v) is 1.80. The molecule has 12 heavy (non-hydrogen) atoms. The minimum atomic E-state index is -0.285. The first-order valence-electron chi connectivity index (χ1n) is 4.45. The number of hydrogen-bond acceptors (Lipinski definition) is 2. The van der Waals surface area contributed by atoms with Gasteiger partial charge in [-0.2, -0.15) is 0 Å². The van der Waals surface area contributed by atoms with E-state index < -0.39 is 0 Å². The number of likely N-dealkylation sites (tertiary alicyclic amines) is 1. The molecule has 0 bridgehead atoms. The summed E-state index contributed by atoms with van der Waals surface area (Å²) in [6.45, 7) is 6.02. The van der Waals surface area contributed by atoms with Crippen LogP contribution in [0.2, 0.25) is 0 Å². The van der Waals surface area contributed by atoms with Gasteiger partial charge in [-0.25, -0.2) is 0 Å². The van der Waals surface area contributed by atoms with Gasteiger partial charge in [0.25, 0.3) is 0 Å². The lowest BCUT2D eigenvalue weighted by atomic mass is 9.72. The van der Waals surface area contributed by atoms with Gasteiger partial charge < -0.3 is 10.6 Å². The maximum atomic E-state index is 11.2. The lowest BCUT2D eigenvalue weighted by Gasteiger charge is -2.41. The summed E-state index contributed by atoms with van der Waals surface area (Å²) < 4.78 is 0. The maximum absolute atomic E-state index is 11.2. The zero-order valence-electron chi connectivity index (χ0n) is 8.13. The molecule has 1 aliphatic heterocycles. The SMILES string of the molecule is C[C@@H]1CN(C)CC[C@]1(C)C(N)=O. The van der Waals surface area contributed by atoms with Gasteiger partial charge in [0.2, 0.25) is 5.91 Å². The second kappa shape index (κ2) is 3.05. The van der Waals surface area contributed by atoms with E-state index >= 15 is 0 Å². The van der Waals surface area contributed by atoms with Crippen molar-refractivity contribution < 1.29 is 4.79 Å². The van der Waals surface area contributed by atoms with Crippen LogP contribution in [-0.4, -0.2) is 30.9 Å². The van der Waals surface area contributed by atoms with Crippen molar-refractivity contribution in [3.8, 4) is 0 Å². The van der Waals surface area contributed by atoms with Gasteiger partial charge in [-0.05, 0) is 25.9 Å². The molecule has 0 aromatic heterocycles. The van der Waals surface area contributed by atoms with Gasteiger partial charge in [-0.15, -0.1) is 0 Å². The minimum Gasteiger partial charge on any atom is -0.369 e. The van der Waals surface area contributed by atoms with Crippen molar-refractivity contribution in [3.05, 3.63) is 0 Å². The Morgan fingerprint density at radius 2 is 2.25 bits per heavy atom. The van der Waals surface area contributed by atoms with Crippen molar-refractivity contribution in [2.24, 2.45) is 17.1 Å². The molecule has 2 atom stereocenters. The number of amides is 1. The lowest BCUT2D eigenvalue weighted by Crippen LogP contribution is -2.49. The summed E-state index contributed by atoms with van der Waals surface area (Å²) in [7, 11) is 2.08. The average molecular weight is 170 g/mol. The van der Waals surface area contributed by atoms with Gasteiger partial charge in [0.1, 0.15) is 0 Å². The van der Waals surface area contributed by atoms with E-state index in [1.54, 1.807) is 0 Å². The molecule has 1 amide bonds. The second-order valence-electron chi connectivity index (χ2n) is 4.20. The molecule has 1 saturated heterocycles. The number of hydrogen-bond donors (Lipinski definition) is 1. The van der Waals surface area contributed by atoms with E-state index in [2.05, 4.69) is 18.9 Å². The molecule has 0 unspecified atom stereocenters. The Bertz CT molecular complexity index is 193. The monoisotopic (exact) mass is 170 g/mol. The summed E-state index contributed by atoms with van der Waals surface area (Å²) in [4.78, 5) is 13.4. The molecule has 0 aromatic rings. The Morgan fingerprint density at radius 1 is 1.67 bits per heavy atom. The summed E-state index contributed by atoms with van der Waals surface area (Å²) in [6.07, 6.45) is 0.889. The maximum Gasteiger partial charge on any atom is 0.223 e. The van der Waals surface area contributed by atoms with Crippen molar-refractivity contribution in [2.75, 3.05) is 20.1 Å². The van der Waals surface area contributed by atoms with Crippen LogP contribution in [0.4, 0.5) is 0 Å². The average Bonchev–Trinajstić information content (AvgIpc) is 1.97. The van der Waals surface area contributed by atoms with E-state index in [-0.39, 0.29) is 11.3 Å². The number of nitrogens with two attached hydrogens (primary N) is 1. The third-order valence-corrected chi connectivity index (χ3v) is 3.25. The van der Waals surface area contributed by atoms with Crippen molar-refractivity contribution in [2.45, 2.75) is 20.3 Å². The largest absolute Gasteiger partial charge is 0.369 e. The molecule has 0 aliphatic carbocycles. The van der Waals surface area contributed by atoms with Crippen LogP contribution in [0.5, 0.6) is 0 Å². The number of nitrogens with zero attached hydrogens (tertiary/aromatic N) is 1. The molecule has 0 radical (unpaired) electrons. The number of carbonyl (C=O) groups is 1. The van der Waals surface area contributed by atoms with E-state index in [1.807, 2.05) is 6.92 Å². The summed E-state index contributed by atoms with van der Waals surface area (Å²) in [5.41, 5.74) is 5.09. The fourth-order valence-electron chi connectivity index (χ4n) is 1.80. The van der Waals surface area contributed by atoms with Gasteiger partial charge in [0.15, 0.2) is 0 Å². The zero-order chi connectivity index (χ0) is 9.35. The van der Waals surface area contributed by atoms with Crippen LogP contribution in [0.1, 0.15) is 20.3 Å². The van der Waals surface area contributed by atoms with Gasteiger partial charge in [-0.1, -0.05) is 13.8 Å². The van der Waals surface area contributed by atoms with Crippen LogP contribution in [0.25, 0.3) is 0 Å². The highest BCUT2D eigenvalue weighted by Crippen LogP contribution is 2.34. The van der Waals surface area contributed by atoms with Gasteiger partial charge in [-0.3, -0.25) is 4.79 Å². The molecule has 3 heteroatoms. The van der Waals surface area contributed by atoms with Crippen molar-refractivity contribution in [1.82, 2.24) is 4.90 Å². The molecule has 3 nitrogen and oxygen atoms in total. The summed E-state index contributed by atoms with van der Waals surface area (Å²) in [5, 5.41) is 0. The first kappa shape index (κ1) is 9.52. The van der Waals surface area contributed by atoms with E-state index in [1.165, 1.54) is 0 Å². The van der Waals surface area contributed by atoms with Crippen molar-refractivity contribution in [1.29, 1.82) is 0 Å². The zero-order valence-corrected chi connectivity index (χ0v) is 8.13. The Morgan fingerprint density at radius 3 is 2.67 bits per heavy atom. The van der Waals surface area contributed by atoms with Crippen LogP contribution in [-0.2, 0) is 4.79 Å². The number of piperidine rings is 1. The molecular formula is C9H18N2O. The molecule has 1 fully saturated rings. The third kappa shape index (κ3) is 1.46. The van der Waals surface area contributed by atoms with Crippen LogP contribution >= 0.6 is 0 Å². The summed E-state index contributed by atoms with van der Waals surface area (Å²) >= 11 is 0. The highest BCUT2D eigenvalue weighted by atomic mass is 16.1. The third-order valence-electron chi connectivity index (χ3n) is 3.25. The highest BCUT2D eigenvalue weighted by molar-refractivity contribution is 5.80.